The number of rotatable bonds is 6. The third kappa shape index (κ3) is 5.96. The van der Waals surface area contributed by atoms with Crippen LogP contribution >= 0.6 is 0 Å². The summed E-state index contributed by atoms with van der Waals surface area (Å²) < 4.78 is 52.6. The van der Waals surface area contributed by atoms with Crippen LogP contribution < -0.4 is 15.0 Å². The largest absolute Gasteiger partial charge is 0.573 e. The van der Waals surface area contributed by atoms with Gasteiger partial charge in [-0.15, -0.1) is 13.2 Å². The summed E-state index contributed by atoms with van der Waals surface area (Å²) in [6, 6.07) is 12.2. The highest BCUT2D eigenvalue weighted by molar-refractivity contribution is 5.78. The second kappa shape index (κ2) is 11.0. The van der Waals surface area contributed by atoms with Gasteiger partial charge in [0, 0.05) is 12.1 Å². The number of aromatic nitrogens is 2. The van der Waals surface area contributed by atoms with Gasteiger partial charge in [-0.2, -0.15) is 0 Å². The highest BCUT2D eigenvalue weighted by atomic mass is 19.4. The Bertz CT molecular complexity index is 1370. The lowest BCUT2D eigenvalue weighted by molar-refractivity contribution is -0.274. The van der Waals surface area contributed by atoms with Gasteiger partial charge in [0.15, 0.2) is 6.04 Å². The number of nitrogens with zero attached hydrogens (tertiary/aromatic N) is 3. The molecule has 1 unspecified atom stereocenters. The maximum absolute atomic E-state index is 13.5. The zero-order chi connectivity index (χ0) is 27.4. The topological polar surface area (TPSA) is 100.0 Å². The molecule has 1 aromatic heterocycles. The van der Waals surface area contributed by atoms with Gasteiger partial charge in [0.05, 0.1) is 18.8 Å². The molecule has 0 saturated carbocycles. The minimum atomic E-state index is -4.83. The summed E-state index contributed by atoms with van der Waals surface area (Å²) in [5.41, 5.74) is 0.920. The van der Waals surface area contributed by atoms with E-state index in [2.05, 4.69) is 9.72 Å². The van der Waals surface area contributed by atoms with Gasteiger partial charge < -0.3 is 19.1 Å². The number of aryl methyl sites for hydroxylation is 1. The summed E-state index contributed by atoms with van der Waals surface area (Å²) in [5.74, 6) is -0.740. The summed E-state index contributed by atoms with van der Waals surface area (Å²) in [6.07, 6.45) is -5.42. The molecule has 1 aliphatic heterocycles. The van der Waals surface area contributed by atoms with E-state index in [0.717, 1.165) is 12.1 Å². The van der Waals surface area contributed by atoms with Crippen LogP contribution in [0.4, 0.5) is 18.0 Å². The van der Waals surface area contributed by atoms with Crippen molar-refractivity contribution in [2.75, 3.05) is 13.2 Å². The second-order valence-corrected chi connectivity index (χ2v) is 8.38. The molecule has 0 bridgehead atoms. The van der Waals surface area contributed by atoms with E-state index in [-0.39, 0.29) is 37.7 Å². The molecule has 1 aliphatic rings. The minimum absolute atomic E-state index is 0.0181. The van der Waals surface area contributed by atoms with Gasteiger partial charge in [0.2, 0.25) is 0 Å². The van der Waals surface area contributed by atoms with Crippen LogP contribution in [0.1, 0.15) is 35.6 Å². The van der Waals surface area contributed by atoms with E-state index in [9.17, 15) is 27.6 Å². The van der Waals surface area contributed by atoms with Gasteiger partial charge in [-0.3, -0.25) is 9.36 Å². The molecule has 9 nitrogen and oxygen atoms in total. The van der Waals surface area contributed by atoms with E-state index < -0.39 is 35.8 Å². The summed E-state index contributed by atoms with van der Waals surface area (Å²) in [7, 11) is 0. The van der Waals surface area contributed by atoms with Crippen LogP contribution in [-0.4, -0.2) is 46.0 Å². The van der Waals surface area contributed by atoms with Crippen molar-refractivity contribution in [2.24, 2.45) is 0 Å². The standard InChI is InChI=1S/C26H24F3N3O6/c1-3-36-24(34)22(17-7-5-4-6-8-17)32-16(2)30-21-15-31(14-13-20(21)23(32)33)25(35)37-18-9-11-19(12-10-18)38-26(27,28)29/h4-12,22H,3,13-15H2,1-2H3. The van der Waals surface area contributed by atoms with E-state index in [1.807, 2.05) is 0 Å². The summed E-state index contributed by atoms with van der Waals surface area (Å²) in [4.78, 5) is 45.0. The van der Waals surface area contributed by atoms with Crippen molar-refractivity contribution >= 4 is 12.1 Å². The number of esters is 1. The summed E-state index contributed by atoms with van der Waals surface area (Å²) in [6.45, 7) is 3.54. The fourth-order valence-corrected chi connectivity index (χ4v) is 4.20. The average molecular weight is 531 g/mol. The Balaban J connectivity index is 1.55. The zero-order valence-electron chi connectivity index (χ0n) is 20.5. The van der Waals surface area contributed by atoms with Crippen LogP contribution in [0.15, 0.2) is 59.4 Å². The summed E-state index contributed by atoms with van der Waals surface area (Å²) in [5, 5.41) is 0. The van der Waals surface area contributed by atoms with Crippen LogP contribution in [0.2, 0.25) is 0 Å². The van der Waals surface area contributed by atoms with Crippen LogP contribution in [-0.2, 0) is 22.5 Å². The molecule has 4 rings (SSSR count). The van der Waals surface area contributed by atoms with Crippen LogP contribution in [0, 0.1) is 6.92 Å². The third-order valence-electron chi connectivity index (χ3n) is 5.85. The van der Waals surface area contributed by atoms with Crippen molar-refractivity contribution < 1.29 is 37.0 Å². The molecule has 0 radical (unpaired) electrons. The maximum atomic E-state index is 13.5. The number of benzene rings is 2. The third-order valence-corrected chi connectivity index (χ3v) is 5.85. The van der Waals surface area contributed by atoms with Gasteiger partial charge >= 0.3 is 18.4 Å². The van der Waals surface area contributed by atoms with Gasteiger partial charge in [-0.1, -0.05) is 30.3 Å². The zero-order valence-corrected chi connectivity index (χ0v) is 20.5. The summed E-state index contributed by atoms with van der Waals surface area (Å²) >= 11 is 0. The van der Waals surface area contributed by atoms with Crippen molar-refractivity contribution in [1.29, 1.82) is 0 Å². The Morgan fingerprint density at radius 2 is 1.71 bits per heavy atom. The quantitative estimate of drug-likeness (QED) is 0.441. The van der Waals surface area contributed by atoms with Crippen LogP contribution in [0.5, 0.6) is 11.5 Å². The van der Waals surface area contributed by atoms with Crippen LogP contribution in [0.25, 0.3) is 0 Å². The monoisotopic (exact) mass is 531 g/mol. The molecule has 200 valence electrons. The fourth-order valence-electron chi connectivity index (χ4n) is 4.20. The molecule has 12 heteroatoms. The van der Waals surface area contributed by atoms with Crippen molar-refractivity contribution in [3.63, 3.8) is 0 Å². The van der Waals surface area contributed by atoms with Gasteiger partial charge in [0.25, 0.3) is 5.56 Å². The number of fused-ring (bicyclic) bond motifs is 1. The predicted molar refractivity (Wildman–Crippen MR) is 128 cm³/mol. The first kappa shape index (κ1) is 26.7. The van der Waals surface area contributed by atoms with E-state index >= 15 is 0 Å². The number of ether oxygens (including phenoxy) is 3. The van der Waals surface area contributed by atoms with E-state index in [0.29, 0.717) is 16.8 Å². The van der Waals surface area contributed by atoms with Crippen molar-refractivity contribution in [3.8, 4) is 11.5 Å². The molecule has 0 fully saturated rings. The van der Waals surface area contributed by atoms with E-state index in [1.54, 1.807) is 44.2 Å². The Labute approximate surface area is 215 Å². The molecule has 0 saturated heterocycles. The first-order valence-electron chi connectivity index (χ1n) is 11.7. The van der Waals surface area contributed by atoms with Gasteiger partial charge in [-0.25, -0.2) is 14.6 Å². The predicted octanol–water partition coefficient (Wildman–Crippen LogP) is 4.16. The molecule has 38 heavy (non-hydrogen) atoms. The van der Waals surface area contributed by atoms with Gasteiger partial charge in [-0.05, 0) is 50.1 Å². The molecule has 0 N–H and O–H groups in total. The second-order valence-electron chi connectivity index (χ2n) is 8.38. The highest BCUT2D eigenvalue weighted by Gasteiger charge is 2.33. The molecule has 2 heterocycles. The van der Waals surface area contributed by atoms with Crippen molar-refractivity contribution in [1.82, 2.24) is 14.5 Å². The molecular formula is C26H24F3N3O6. The van der Waals surface area contributed by atoms with E-state index in [4.69, 9.17) is 9.47 Å². The molecule has 2 aromatic carbocycles. The molecule has 3 aromatic rings. The number of hydrogen-bond donors (Lipinski definition) is 0. The number of carbonyl (C=O) groups is 2. The van der Waals surface area contributed by atoms with Crippen molar-refractivity contribution in [3.05, 3.63) is 87.6 Å². The lowest BCUT2D eigenvalue weighted by Gasteiger charge is -2.29. The molecule has 0 spiro atoms. The number of halogens is 3. The lowest BCUT2D eigenvalue weighted by Crippen LogP contribution is -2.43. The first-order valence-corrected chi connectivity index (χ1v) is 11.7. The van der Waals surface area contributed by atoms with Gasteiger partial charge in [0.1, 0.15) is 17.3 Å². The Kier molecular flexibility index (Phi) is 7.70. The molecular weight excluding hydrogens is 507 g/mol. The smallest absolute Gasteiger partial charge is 0.464 e. The fraction of sp³-hybridized carbons (Fsp3) is 0.308. The Morgan fingerprint density at radius 1 is 1.05 bits per heavy atom. The van der Waals surface area contributed by atoms with E-state index in [1.165, 1.54) is 21.6 Å². The van der Waals surface area contributed by atoms with Crippen molar-refractivity contribution in [2.45, 2.75) is 39.2 Å². The average Bonchev–Trinajstić information content (AvgIpc) is 2.87. The minimum Gasteiger partial charge on any atom is -0.464 e. The Morgan fingerprint density at radius 3 is 2.34 bits per heavy atom. The highest BCUT2D eigenvalue weighted by Crippen LogP contribution is 2.26. The number of hydrogen-bond acceptors (Lipinski definition) is 7. The molecule has 1 amide bonds. The number of carbonyl (C=O) groups excluding carboxylic acids is 2. The SMILES string of the molecule is CCOC(=O)C(c1ccccc1)n1c(C)nc2c(c1=O)CCN(C(=O)Oc1ccc(OC(F)(F)F)cc1)C2. The lowest BCUT2D eigenvalue weighted by atomic mass is 10.0. The number of alkyl halides is 3. The number of amides is 1. The molecule has 0 aliphatic carbocycles. The maximum Gasteiger partial charge on any atom is 0.573 e. The first-order chi connectivity index (χ1) is 18.1. The molecule has 1 atom stereocenters. The van der Waals surface area contributed by atoms with Crippen LogP contribution in [0.3, 0.4) is 0 Å². The Hall–Kier alpha value is -4.35. The normalized spacial score (nSPS) is 13.9.